The summed E-state index contributed by atoms with van der Waals surface area (Å²) in [6.07, 6.45) is 0.727. The minimum atomic E-state index is -1.78. The van der Waals surface area contributed by atoms with Crippen molar-refractivity contribution in [2.45, 2.75) is 76.8 Å². The highest BCUT2D eigenvalue weighted by Crippen LogP contribution is 2.63. The normalized spacial score (nSPS) is 50.7. The predicted octanol–water partition coefficient (Wildman–Crippen LogP) is 1.37. The van der Waals surface area contributed by atoms with Gasteiger partial charge in [-0.15, -0.1) is 0 Å². The second-order valence-electron chi connectivity index (χ2n) is 11.0. The summed E-state index contributed by atoms with van der Waals surface area (Å²) in [5.74, 6) is -3.58. The number of ether oxygens (including phenoxy) is 4. The molecule has 30 heavy (non-hydrogen) atoms. The Labute approximate surface area is 174 Å². The van der Waals surface area contributed by atoms with Gasteiger partial charge in [0.05, 0.1) is 35.2 Å². The molecule has 5 heterocycles. The van der Waals surface area contributed by atoms with Crippen LogP contribution in [-0.2, 0) is 38.1 Å². The fourth-order valence-electron chi connectivity index (χ4n) is 6.35. The molecule has 0 aliphatic carbocycles. The number of rotatable bonds is 0. The van der Waals surface area contributed by atoms with E-state index < -0.39 is 57.0 Å². The van der Waals surface area contributed by atoms with Crippen LogP contribution in [0.2, 0.25) is 0 Å². The molecule has 8 nitrogen and oxygen atoms in total. The summed E-state index contributed by atoms with van der Waals surface area (Å²) in [4.78, 5) is 53.1. The van der Waals surface area contributed by atoms with E-state index in [-0.39, 0.29) is 24.8 Å². The Morgan fingerprint density at radius 2 is 0.967 bits per heavy atom. The van der Waals surface area contributed by atoms with Gasteiger partial charge in [0.2, 0.25) is 11.2 Å². The monoisotopic (exact) mass is 420 g/mol. The second kappa shape index (κ2) is 5.15. The number of ketones is 2. The molecular weight excluding hydrogens is 392 g/mol. The molecule has 5 rings (SSSR count). The third-order valence-electron chi connectivity index (χ3n) is 9.09. The number of hydrogen-bond acceptors (Lipinski definition) is 8. The van der Waals surface area contributed by atoms with E-state index >= 15 is 0 Å². The summed E-state index contributed by atoms with van der Waals surface area (Å²) in [6, 6.07) is 0. The Morgan fingerprint density at radius 1 is 0.633 bits per heavy atom. The lowest BCUT2D eigenvalue weighted by Gasteiger charge is -2.41. The van der Waals surface area contributed by atoms with Gasteiger partial charge in [-0.25, -0.2) is 9.59 Å². The number of Topliss-reactive ketones (excluding diaryl/α,β-unsaturated/α-hetero) is 2. The van der Waals surface area contributed by atoms with Gasteiger partial charge in [0.15, 0.2) is 11.6 Å². The first-order valence-corrected chi connectivity index (χ1v) is 10.5. The van der Waals surface area contributed by atoms with Crippen molar-refractivity contribution in [3.8, 4) is 0 Å². The van der Waals surface area contributed by atoms with E-state index in [4.69, 9.17) is 18.9 Å². The minimum absolute atomic E-state index is 0.215. The molecule has 0 aromatic rings. The highest BCUT2D eigenvalue weighted by atomic mass is 16.6. The van der Waals surface area contributed by atoms with Gasteiger partial charge in [-0.1, -0.05) is 0 Å². The summed E-state index contributed by atoms with van der Waals surface area (Å²) in [6.45, 7) is 10.2. The highest BCUT2D eigenvalue weighted by molar-refractivity contribution is 6.14. The molecule has 8 heteroatoms. The van der Waals surface area contributed by atoms with E-state index in [1.165, 1.54) is 0 Å². The van der Waals surface area contributed by atoms with Gasteiger partial charge >= 0.3 is 11.9 Å². The van der Waals surface area contributed by atoms with Crippen molar-refractivity contribution in [3.05, 3.63) is 0 Å². The topological polar surface area (TPSA) is 105 Å². The Balaban J connectivity index is 1.55. The summed E-state index contributed by atoms with van der Waals surface area (Å²) in [7, 11) is 0. The molecule has 5 aliphatic heterocycles. The summed E-state index contributed by atoms with van der Waals surface area (Å²) in [5.41, 5.74) is -7.06. The van der Waals surface area contributed by atoms with Crippen LogP contribution in [-0.4, -0.2) is 59.1 Å². The van der Waals surface area contributed by atoms with Crippen molar-refractivity contribution in [1.82, 2.24) is 0 Å². The predicted molar refractivity (Wildman–Crippen MR) is 100 cm³/mol. The van der Waals surface area contributed by atoms with Crippen LogP contribution >= 0.6 is 0 Å². The third-order valence-corrected chi connectivity index (χ3v) is 9.09. The Bertz CT molecular complexity index is 846. The van der Waals surface area contributed by atoms with Crippen molar-refractivity contribution in [2.24, 2.45) is 22.7 Å². The average Bonchev–Trinajstić information content (AvgIpc) is 3.25. The zero-order chi connectivity index (χ0) is 22.1. The molecule has 2 spiro atoms. The molecule has 5 fully saturated rings. The summed E-state index contributed by atoms with van der Waals surface area (Å²) in [5, 5.41) is 0. The maximum Gasteiger partial charge on any atom is 0.346 e. The number of hydrogen-bond donors (Lipinski definition) is 0. The minimum Gasteiger partial charge on any atom is -0.463 e. The first kappa shape index (κ1) is 20.1. The number of carbonyl (C=O) groups excluding carboxylic acids is 4. The number of carbonyl (C=O) groups is 4. The molecule has 0 saturated carbocycles. The smallest absolute Gasteiger partial charge is 0.346 e. The van der Waals surface area contributed by atoms with Crippen LogP contribution in [0, 0.1) is 22.7 Å². The van der Waals surface area contributed by atoms with Gasteiger partial charge in [-0.05, 0) is 54.4 Å². The number of cyclic esters (lactones) is 2. The standard InChI is InChI=1S/C22H28O8/c1-17(2)13(23)21-11(7-19(17,5)29-21)9-28-16(26)22-12(10-27-15(21)25)8-20(6,30-22)18(3,4)14(22)24/h11-12H,7-10H2,1-6H3/t11?,12?,19-,20+,21+,22-. The molecule has 0 N–H and O–H groups in total. The molecule has 164 valence electrons. The Hall–Kier alpha value is -1.80. The van der Waals surface area contributed by atoms with Gasteiger partial charge in [0.25, 0.3) is 0 Å². The average molecular weight is 420 g/mol. The SMILES string of the molecule is CC1(C)C(=O)[C@@]23O[C@]1(C)CC2COC(=O)[C@@]12O[C@@](C)(CC1COC3=O)C(C)(C)C2=O. The van der Waals surface area contributed by atoms with Crippen LogP contribution in [0.3, 0.4) is 0 Å². The summed E-state index contributed by atoms with van der Waals surface area (Å²) < 4.78 is 23.4. The van der Waals surface area contributed by atoms with Crippen LogP contribution < -0.4 is 0 Å². The maximum absolute atomic E-state index is 13.3. The van der Waals surface area contributed by atoms with E-state index in [0.29, 0.717) is 12.8 Å². The Morgan fingerprint density at radius 3 is 1.27 bits per heavy atom. The highest BCUT2D eigenvalue weighted by Gasteiger charge is 2.80. The van der Waals surface area contributed by atoms with Crippen molar-refractivity contribution in [2.75, 3.05) is 13.2 Å². The van der Waals surface area contributed by atoms with Crippen LogP contribution in [0.4, 0.5) is 0 Å². The first-order valence-electron chi connectivity index (χ1n) is 10.5. The maximum atomic E-state index is 13.3. The lowest BCUT2D eigenvalue weighted by molar-refractivity contribution is -0.192. The van der Waals surface area contributed by atoms with Gasteiger partial charge in [0.1, 0.15) is 0 Å². The van der Waals surface area contributed by atoms with Crippen molar-refractivity contribution < 1.29 is 38.1 Å². The van der Waals surface area contributed by atoms with Crippen LogP contribution in [0.25, 0.3) is 0 Å². The zero-order valence-corrected chi connectivity index (χ0v) is 18.2. The van der Waals surface area contributed by atoms with Crippen LogP contribution in [0.5, 0.6) is 0 Å². The van der Waals surface area contributed by atoms with Crippen molar-refractivity contribution in [1.29, 1.82) is 0 Å². The summed E-state index contributed by atoms with van der Waals surface area (Å²) >= 11 is 0. The van der Waals surface area contributed by atoms with Crippen LogP contribution in [0.15, 0.2) is 0 Å². The van der Waals surface area contributed by atoms with E-state index in [2.05, 4.69) is 0 Å². The van der Waals surface area contributed by atoms with Crippen LogP contribution in [0.1, 0.15) is 54.4 Å². The van der Waals surface area contributed by atoms with Crippen molar-refractivity contribution >= 4 is 23.5 Å². The molecule has 0 radical (unpaired) electrons. The van der Waals surface area contributed by atoms with Gasteiger partial charge in [-0.3, -0.25) is 9.59 Å². The molecule has 2 unspecified atom stereocenters. The van der Waals surface area contributed by atoms with E-state index in [0.717, 1.165) is 0 Å². The van der Waals surface area contributed by atoms with E-state index in [1.807, 2.05) is 0 Å². The Kier molecular flexibility index (Phi) is 3.46. The molecule has 6 atom stereocenters. The molecular formula is C22H28O8. The molecule has 0 aromatic carbocycles. The van der Waals surface area contributed by atoms with E-state index in [9.17, 15) is 19.2 Å². The quantitative estimate of drug-likeness (QED) is 0.427. The zero-order valence-electron chi connectivity index (χ0n) is 18.2. The van der Waals surface area contributed by atoms with Crippen molar-refractivity contribution in [3.63, 3.8) is 0 Å². The molecule has 5 aliphatic rings. The van der Waals surface area contributed by atoms with Gasteiger partial charge in [-0.2, -0.15) is 0 Å². The molecule has 5 saturated heterocycles. The molecule has 0 amide bonds. The molecule has 4 bridgehead atoms. The molecule has 0 aromatic heterocycles. The van der Waals surface area contributed by atoms with E-state index in [1.54, 1.807) is 41.5 Å². The second-order valence-corrected chi connectivity index (χ2v) is 11.0. The van der Waals surface area contributed by atoms with Gasteiger partial charge in [0, 0.05) is 11.8 Å². The largest absolute Gasteiger partial charge is 0.463 e. The number of fused-ring (bicyclic) bond motifs is 2. The fraction of sp³-hybridized carbons (Fsp3) is 0.818. The lowest BCUT2D eigenvalue weighted by Crippen LogP contribution is -2.61. The lowest BCUT2D eigenvalue weighted by atomic mass is 9.60. The fourth-order valence-corrected chi connectivity index (χ4v) is 6.35. The first-order chi connectivity index (χ1) is 13.7. The van der Waals surface area contributed by atoms with Gasteiger partial charge < -0.3 is 18.9 Å². The third kappa shape index (κ3) is 1.80. The number of esters is 2.